The van der Waals surface area contributed by atoms with Crippen molar-refractivity contribution in [3.05, 3.63) is 40.3 Å². The van der Waals surface area contributed by atoms with Crippen LogP contribution in [0.2, 0.25) is 0 Å². The Morgan fingerprint density at radius 3 is 2.59 bits per heavy atom. The number of thioether (sulfide) groups is 1. The average Bonchev–Trinajstić information content (AvgIpc) is 3.36. The first-order chi connectivity index (χ1) is 13.8. The van der Waals surface area contributed by atoms with Gasteiger partial charge in [-0.15, -0.1) is 11.3 Å². The normalized spacial score (nSPS) is 15.1. The first-order valence-corrected chi connectivity index (χ1v) is 12.1. The van der Waals surface area contributed by atoms with Gasteiger partial charge in [-0.1, -0.05) is 0 Å². The van der Waals surface area contributed by atoms with Gasteiger partial charge in [0, 0.05) is 37.8 Å². The van der Waals surface area contributed by atoms with E-state index in [1.807, 2.05) is 0 Å². The highest BCUT2D eigenvalue weighted by Crippen LogP contribution is 2.27. The van der Waals surface area contributed by atoms with E-state index in [9.17, 15) is 22.8 Å². The zero-order valence-corrected chi connectivity index (χ0v) is 17.9. The number of rotatable bonds is 6. The molecule has 12 heteroatoms. The van der Waals surface area contributed by atoms with Gasteiger partial charge in [-0.3, -0.25) is 14.9 Å². The summed E-state index contributed by atoms with van der Waals surface area (Å²) in [5.41, 5.74) is 0.274. The van der Waals surface area contributed by atoms with Crippen molar-refractivity contribution in [3.63, 3.8) is 0 Å². The Morgan fingerprint density at radius 2 is 1.93 bits per heavy atom. The van der Waals surface area contributed by atoms with Crippen LogP contribution in [0, 0.1) is 0 Å². The number of thiophene rings is 1. The number of sulfonamides is 1. The maximum Gasteiger partial charge on any atom is 0.350 e. The SMILES string of the molecule is Cn1cccc1C(=O)NC(=O)COC(=O)c1sccc1S(=O)(=O)N1CCSCC1. The molecular formula is C17H19N3O6S3. The van der Waals surface area contributed by atoms with E-state index < -0.39 is 34.4 Å². The highest BCUT2D eigenvalue weighted by molar-refractivity contribution is 7.99. The first kappa shape index (κ1) is 21.6. The third-order valence-corrected chi connectivity index (χ3v) is 8.07. The summed E-state index contributed by atoms with van der Waals surface area (Å²) in [5, 5.41) is 3.61. The Balaban J connectivity index is 1.62. The molecule has 1 aliphatic heterocycles. The number of aryl methyl sites for hydroxylation is 1. The van der Waals surface area contributed by atoms with Gasteiger partial charge in [-0.05, 0) is 23.6 Å². The van der Waals surface area contributed by atoms with E-state index in [0.717, 1.165) is 11.3 Å². The van der Waals surface area contributed by atoms with E-state index in [0.29, 0.717) is 24.6 Å². The number of hydrogen-bond acceptors (Lipinski definition) is 8. The molecule has 2 amide bonds. The van der Waals surface area contributed by atoms with Crippen molar-refractivity contribution in [3.8, 4) is 0 Å². The van der Waals surface area contributed by atoms with Crippen LogP contribution in [0.15, 0.2) is 34.7 Å². The number of nitrogens with zero attached hydrogens (tertiary/aromatic N) is 2. The average molecular weight is 458 g/mol. The fourth-order valence-electron chi connectivity index (χ4n) is 2.70. The van der Waals surface area contributed by atoms with Gasteiger partial charge < -0.3 is 9.30 Å². The number of imide groups is 1. The third kappa shape index (κ3) is 4.89. The van der Waals surface area contributed by atoms with Gasteiger partial charge in [0.2, 0.25) is 10.0 Å². The molecule has 1 aliphatic rings. The zero-order chi connectivity index (χ0) is 21.0. The van der Waals surface area contributed by atoms with Gasteiger partial charge in [0.1, 0.15) is 15.5 Å². The molecule has 1 fully saturated rings. The van der Waals surface area contributed by atoms with E-state index in [2.05, 4.69) is 5.32 Å². The summed E-state index contributed by atoms with van der Waals surface area (Å²) in [6.07, 6.45) is 1.65. The fraction of sp³-hybridized carbons (Fsp3) is 0.353. The molecular weight excluding hydrogens is 438 g/mol. The fourth-order valence-corrected chi connectivity index (χ4v) is 6.56. The van der Waals surface area contributed by atoms with Crippen LogP contribution in [-0.4, -0.2) is 66.3 Å². The molecule has 0 bridgehead atoms. The molecule has 0 radical (unpaired) electrons. The molecule has 2 aromatic rings. The molecule has 29 heavy (non-hydrogen) atoms. The summed E-state index contributed by atoms with van der Waals surface area (Å²) in [4.78, 5) is 36.1. The molecule has 2 aromatic heterocycles. The molecule has 156 valence electrons. The minimum absolute atomic E-state index is 0.0928. The van der Waals surface area contributed by atoms with Crippen LogP contribution >= 0.6 is 23.1 Å². The van der Waals surface area contributed by atoms with Gasteiger partial charge in [-0.25, -0.2) is 13.2 Å². The maximum absolute atomic E-state index is 12.8. The number of amides is 2. The van der Waals surface area contributed by atoms with E-state index in [4.69, 9.17) is 4.74 Å². The Bertz CT molecular complexity index is 1020. The minimum Gasteiger partial charge on any atom is -0.451 e. The summed E-state index contributed by atoms with van der Waals surface area (Å²) < 4.78 is 33.4. The maximum atomic E-state index is 12.8. The van der Waals surface area contributed by atoms with Crippen LogP contribution in [0.25, 0.3) is 0 Å². The number of aromatic nitrogens is 1. The molecule has 9 nitrogen and oxygen atoms in total. The van der Waals surface area contributed by atoms with Crippen molar-refractivity contribution in [2.75, 3.05) is 31.2 Å². The number of carbonyl (C=O) groups excluding carboxylic acids is 3. The lowest BCUT2D eigenvalue weighted by molar-refractivity contribution is -0.123. The molecule has 0 spiro atoms. The summed E-state index contributed by atoms with van der Waals surface area (Å²) in [5.74, 6) is -0.970. The standard InChI is InChI=1S/C17H19N3O6S3/c1-19-5-2-3-12(19)16(22)18-14(21)11-26-17(23)15-13(4-8-28-15)29(24,25)20-6-9-27-10-7-20/h2-5,8H,6-7,9-11H2,1H3,(H,18,21,22). The Morgan fingerprint density at radius 1 is 1.21 bits per heavy atom. The number of ether oxygens (including phenoxy) is 1. The molecule has 0 aromatic carbocycles. The lowest BCUT2D eigenvalue weighted by Crippen LogP contribution is -2.38. The minimum atomic E-state index is -3.81. The van der Waals surface area contributed by atoms with Gasteiger partial charge in [0.05, 0.1) is 0 Å². The Kier molecular flexibility index (Phi) is 6.77. The number of esters is 1. The predicted octanol–water partition coefficient (Wildman–Crippen LogP) is 0.937. The summed E-state index contributed by atoms with van der Waals surface area (Å²) >= 11 is 2.60. The second-order valence-corrected chi connectivity index (χ2v) is 10.1. The van der Waals surface area contributed by atoms with Crippen molar-refractivity contribution < 1.29 is 27.5 Å². The zero-order valence-electron chi connectivity index (χ0n) is 15.5. The summed E-state index contributed by atoms with van der Waals surface area (Å²) in [6.45, 7) is 0.0503. The molecule has 3 rings (SSSR count). The summed E-state index contributed by atoms with van der Waals surface area (Å²) in [6, 6.07) is 4.55. The van der Waals surface area contributed by atoms with Crippen LogP contribution in [0.4, 0.5) is 0 Å². The molecule has 0 unspecified atom stereocenters. The smallest absolute Gasteiger partial charge is 0.350 e. The second-order valence-electron chi connectivity index (χ2n) is 6.09. The number of carbonyl (C=O) groups is 3. The lowest BCUT2D eigenvalue weighted by Gasteiger charge is -2.25. The molecule has 0 aliphatic carbocycles. The van der Waals surface area contributed by atoms with Gasteiger partial charge >= 0.3 is 5.97 Å². The van der Waals surface area contributed by atoms with E-state index in [1.54, 1.807) is 31.1 Å². The van der Waals surface area contributed by atoms with E-state index in [-0.39, 0.29) is 15.5 Å². The largest absolute Gasteiger partial charge is 0.451 e. The molecule has 3 heterocycles. The first-order valence-electron chi connectivity index (χ1n) is 8.58. The van der Waals surface area contributed by atoms with Crippen LogP contribution in [0.1, 0.15) is 20.2 Å². The van der Waals surface area contributed by atoms with Crippen LogP contribution < -0.4 is 5.32 Å². The van der Waals surface area contributed by atoms with Gasteiger partial charge in [0.25, 0.3) is 11.8 Å². The monoisotopic (exact) mass is 457 g/mol. The van der Waals surface area contributed by atoms with Gasteiger partial charge in [0.15, 0.2) is 6.61 Å². The molecule has 1 N–H and O–H groups in total. The van der Waals surface area contributed by atoms with Crippen LogP contribution in [-0.2, 0) is 26.6 Å². The van der Waals surface area contributed by atoms with Crippen molar-refractivity contribution >= 4 is 50.9 Å². The van der Waals surface area contributed by atoms with E-state index in [1.165, 1.54) is 26.4 Å². The highest BCUT2D eigenvalue weighted by atomic mass is 32.2. The van der Waals surface area contributed by atoms with Crippen LogP contribution in [0.3, 0.4) is 0 Å². The molecule has 0 saturated carbocycles. The summed E-state index contributed by atoms with van der Waals surface area (Å²) in [7, 11) is -2.16. The Labute approximate surface area is 176 Å². The van der Waals surface area contributed by atoms with Crippen molar-refractivity contribution in [2.45, 2.75) is 4.90 Å². The third-order valence-electron chi connectivity index (χ3n) is 4.17. The Hall–Kier alpha value is -2.15. The predicted molar refractivity (Wildman–Crippen MR) is 109 cm³/mol. The second kappa shape index (κ2) is 9.11. The molecule has 1 saturated heterocycles. The molecule has 0 atom stereocenters. The van der Waals surface area contributed by atoms with Crippen molar-refractivity contribution in [1.82, 2.24) is 14.2 Å². The van der Waals surface area contributed by atoms with Crippen molar-refractivity contribution in [2.24, 2.45) is 7.05 Å². The van der Waals surface area contributed by atoms with E-state index >= 15 is 0 Å². The quantitative estimate of drug-likeness (QED) is 0.642. The topological polar surface area (TPSA) is 115 Å². The number of nitrogens with one attached hydrogen (secondary N) is 1. The van der Waals surface area contributed by atoms with Crippen molar-refractivity contribution in [1.29, 1.82) is 0 Å². The number of hydrogen-bond donors (Lipinski definition) is 1. The highest BCUT2D eigenvalue weighted by Gasteiger charge is 2.32. The lowest BCUT2D eigenvalue weighted by atomic mass is 10.4. The van der Waals surface area contributed by atoms with Crippen LogP contribution in [0.5, 0.6) is 0 Å². The van der Waals surface area contributed by atoms with Gasteiger partial charge in [-0.2, -0.15) is 16.1 Å².